The summed E-state index contributed by atoms with van der Waals surface area (Å²) >= 11 is 1.69. The fraction of sp³-hybridized carbons (Fsp3) is 0.154. The monoisotopic (exact) mass is 228 g/mol. The SMILES string of the molecule is CC(Nc1cccc(C#N)c1)c1ccsc1. The average molecular weight is 228 g/mol. The van der Waals surface area contributed by atoms with Crippen molar-refractivity contribution in [1.29, 1.82) is 5.26 Å². The van der Waals surface area contributed by atoms with Crippen molar-refractivity contribution >= 4 is 17.0 Å². The summed E-state index contributed by atoms with van der Waals surface area (Å²) in [5.41, 5.74) is 2.94. The maximum atomic E-state index is 8.80. The average Bonchev–Trinajstić information content (AvgIpc) is 2.83. The van der Waals surface area contributed by atoms with Crippen LogP contribution in [-0.2, 0) is 0 Å². The number of benzene rings is 1. The topological polar surface area (TPSA) is 35.8 Å². The summed E-state index contributed by atoms with van der Waals surface area (Å²) in [5.74, 6) is 0. The standard InChI is InChI=1S/C13H12N2S/c1-10(12-5-6-16-9-12)15-13-4-2-3-11(7-13)8-14/h2-7,9-10,15H,1H3. The second kappa shape index (κ2) is 4.82. The molecule has 1 atom stereocenters. The minimum atomic E-state index is 0.264. The van der Waals surface area contributed by atoms with Gasteiger partial charge in [-0.1, -0.05) is 6.07 Å². The van der Waals surface area contributed by atoms with Gasteiger partial charge in [0.1, 0.15) is 0 Å². The van der Waals surface area contributed by atoms with Crippen LogP contribution in [0.3, 0.4) is 0 Å². The van der Waals surface area contributed by atoms with Crippen LogP contribution in [0.1, 0.15) is 24.1 Å². The Balaban J connectivity index is 2.12. The molecule has 0 spiro atoms. The zero-order valence-corrected chi connectivity index (χ0v) is 9.79. The fourth-order valence-electron chi connectivity index (χ4n) is 1.53. The Labute approximate surface area is 99.2 Å². The highest BCUT2D eigenvalue weighted by Gasteiger charge is 2.05. The molecule has 0 saturated heterocycles. The van der Waals surface area contributed by atoms with Crippen LogP contribution in [0, 0.1) is 11.3 Å². The molecule has 0 radical (unpaired) electrons. The van der Waals surface area contributed by atoms with Gasteiger partial charge in [0.05, 0.1) is 11.6 Å². The molecule has 3 heteroatoms. The van der Waals surface area contributed by atoms with Crippen molar-refractivity contribution in [1.82, 2.24) is 0 Å². The van der Waals surface area contributed by atoms with Crippen LogP contribution in [-0.4, -0.2) is 0 Å². The van der Waals surface area contributed by atoms with Crippen molar-refractivity contribution in [3.8, 4) is 6.07 Å². The van der Waals surface area contributed by atoms with Gasteiger partial charge in [0, 0.05) is 11.7 Å². The molecule has 0 aliphatic rings. The molecule has 2 nitrogen and oxygen atoms in total. The lowest BCUT2D eigenvalue weighted by atomic mass is 10.1. The maximum Gasteiger partial charge on any atom is 0.0992 e. The van der Waals surface area contributed by atoms with Gasteiger partial charge >= 0.3 is 0 Å². The maximum absolute atomic E-state index is 8.80. The summed E-state index contributed by atoms with van der Waals surface area (Å²) in [6, 6.07) is 12.0. The molecule has 1 N–H and O–H groups in total. The van der Waals surface area contributed by atoms with Crippen molar-refractivity contribution in [2.75, 3.05) is 5.32 Å². The second-order valence-corrected chi connectivity index (χ2v) is 4.40. The normalized spacial score (nSPS) is 11.8. The Hall–Kier alpha value is -1.79. The van der Waals surface area contributed by atoms with Gasteiger partial charge in [-0.25, -0.2) is 0 Å². The molecule has 1 aromatic carbocycles. The van der Waals surface area contributed by atoms with Crippen LogP contribution in [0.2, 0.25) is 0 Å². The first-order chi connectivity index (χ1) is 7.79. The Bertz CT molecular complexity index is 497. The third kappa shape index (κ3) is 2.41. The van der Waals surface area contributed by atoms with E-state index in [4.69, 9.17) is 5.26 Å². The lowest BCUT2D eigenvalue weighted by molar-refractivity contribution is 0.890. The van der Waals surface area contributed by atoms with E-state index in [1.54, 1.807) is 17.4 Å². The van der Waals surface area contributed by atoms with E-state index in [1.165, 1.54) is 5.56 Å². The minimum absolute atomic E-state index is 0.264. The van der Waals surface area contributed by atoms with Gasteiger partial charge in [-0.2, -0.15) is 16.6 Å². The van der Waals surface area contributed by atoms with Crippen molar-refractivity contribution < 1.29 is 0 Å². The van der Waals surface area contributed by atoms with E-state index in [0.717, 1.165) is 5.69 Å². The summed E-state index contributed by atoms with van der Waals surface area (Å²) in [5, 5.41) is 16.4. The quantitative estimate of drug-likeness (QED) is 0.867. The van der Waals surface area contributed by atoms with Crippen molar-refractivity contribution in [3.63, 3.8) is 0 Å². The third-order valence-corrected chi connectivity index (χ3v) is 3.12. The summed E-state index contributed by atoms with van der Waals surface area (Å²) < 4.78 is 0. The number of hydrogen-bond donors (Lipinski definition) is 1. The molecular formula is C13H12N2S. The first-order valence-corrected chi connectivity index (χ1v) is 6.02. The molecule has 0 aliphatic carbocycles. The molecule has 80 valence electrons. The van der Waals surface area contributed by atoms with Gasteiger partial charge in [0.25, 0.3) is 0 Å². The molecule has 0 bridgehead atoms. The first-order valence-electron chi connectivity index (χ1n) is 5.08. The van der Waals surface area contributed by atoms with Crippen LogP contribution in [0.25, 0.3) is 0 Å². The molecule has 2 rings (SSSR count). The summed E-state index contributed by atoms with van der Waals surface area (Å²) in [4.78, 5) is 0. The molecule has 0 fully saturated rings. The predicted molar refractivity (Wildman–Crippen MR) is 67.5 cm³/mol. The Kier molecular flexibility index (Phi) is 3.23. The van der Waals surface area contributed by atoms with E-state index in [2.05, 4.69) is 35.1 Å². The van der Waals surface area contributed by atoms with Gasteiger partial charge < -0.3 is 5.32 Å². The minimum Gasteiger partial charge on any atom is -0.378 e. The Morgan fingerprint density at radius 2 is 2.25 bits per heavy atom. The van der Waals surface area contributed by atoms with E-state index in [0.29, 0.717) is 5.56 Å². The highest BCUT2D eigenvalue weighted by atomic mass is 32.1. The van der Waals surface area contributed by atoms with Gasteiger partial charge in [0.2, 0.25) is 0 Å². The van der Waals surface area contributed by atoms with E-state index in [-0.39, 0.29) is 6.04 Å². The molecule has 0 saturated carbocycles. The first kappa shape index (κ1) is 10.7. The van der Waals surface area contributed by atoms with Crippen LogP contribution in [0.5, 0.6) is 0 Å². The van der Waals surface area contributed by atoms with Crippen LogP contribution in [0.15, 0.2) is 41.1 Å². The predicted octanol–water partition coefficient (Wildman–Crippen LogP) is 3.79. The Morgan fingerprint density at radius 1 is 1.38 bits per heavy atom. The number of nitriles is 1. The molecule has 16 heavy (non-hydrogen) atoms. The number of rotatable bonds is 3. The lowest BCUT2D eigenvalue weighted by Crippen LogP contribution is -2.05. The van der Waals surface area contributed by atoms with Gasteiger partial charge in [-0.15, -0.1) is 0 Å². The molecule has 0 amide bonds. The second-order valence-electron chi connectivity index (χ2n) is 3.62. The fourth-order valence-corrected chi connectivity index (χ4v) is 2.29. The van der Waals surface area contributed by atoms with E-state index in [9.17, 15) is 0 Å². The molecule has 1 unspecified atom stereocenters. The zero-order chi connectivity index (χ0) is 11.4. The summed E-state index contributed by atoms with van der Waals surface area (Å²) in [6.07, 6.45) is 0. The highest BCUT2D eigenvalue weighted by Crippen LogP contribution is 2.21. The number of nitrogens with one attached hydrogen (secondary N) is 1. The largest absolute Gasteiger partial charge is 0.378 e. The van der Waals surface area contributed by atoms with Crippen LogP contribution in [0.4, 0.5) is 5.69 Å². The highest BCUT2D eigenvalue weighted by molar-refractivity contribution is 7.07. The molecule has 1 aromatic heterocycles. The molecule has 0 aliphatic heterocycles. The third-order valence-electron chi connectivity index (χ3n) is 2.42. The Morgan fingerprint density at radius 3 is 2.94 bits per heavy atom. The van der Waals surface area contributed by atoms with Crippen molar-refractivity contribution in [3.05, 3.63) is 52.2 Å². The summed E-state index contributed by atoms with van der Waals surface area (Å²) in [7, 11) is 0. The van der Waals surface area contributed by atoms with Gasteiger partial charge in [0.15, 0.2) is 0 Å². The number of thiophene rings is 1. The van der Waals surface area contributed by atoms with E-state index in [1.807, 2.05) is 18.2 Å². The van der Waals surface area contributed by atoms with E-state index < -0.39 is 0 Å². The van der Waals surface area contributed by atoms with Gasteiger partial charge in [-0.05, 0) is 47.5 Å². The molecule has 1 heterocycles. The van der Waals surface area contributed by atoms with Gasteiger partial charge in [-0.3, -0.25) is 0 Å². The van der Waals surface area contributed by atoms with Crippen molar-refractivity contribution in [2.24, 2.45) is 0 Å². The number of hydrogen-bond acceptors (Lipinski definition) is 3. The van der Waals surface area contributed by atoms with Crippen molar-refractivity contribution in [2.45, 2.75) is 13.0 Å². The molecule has 2 aromatic rings. The zero-order valence-electron chi connectivity index (χ0n) is 8.97. The smallest absolute Gasteiger partial charge is 0.0992 e. The van der Waals surface area contributed by atoms with E-state index >= 15 is 0 Å². The van der Waals surface area contributed by atoms with Crippen LogP contribution < -0.4 is 5.32 Å². The summed E-state index contributed by atoms with van der Waals surface area (Å²) in [6.45, 7) is 2.11. The number of anilines is 1. The number of nitrogens with zero attached hydrogens (tertiary/aromatic N) is 1. The van der Waals surface area contributed by atoms with Crippen LogP contribution >= 0.6 is 11.3 Å². The lowest BCUT2D eigenvalue weighted by Gasteiger charge is -2.13. The molecular weight excluding hydrogens is 216 g/mol.